The van der Waals surface area contributed by atoms with Gasteiger partial charge in [0.05, 0.1) is 4.90 Å². The lowest BCUT2D eigenvalue weighted by atomic mass is 9.85. The SMILES string of the molecule is O=S(=O)(c1ccc(Cl)cc1)N(Cc1ccc(-c2ncon2)cc1F)C1CCCCC1CO. The van der Waals surface area contributed by atoms with Gasteiger partial charge in [0.15, 0.2) is 0 Å². The van der Waals surface area contributed by atoms with Crippen LogP contribution in [-0.2, 0) is 16.6 Å². The van der Waals surface area contributed by atoms with Gasteiger partial charge in [-0.05, 0) is 49.1 Å². The summed E-state index contributed by atoms with van der Waals surface area (Å²) in [6, 6.07) is 9.88. The summed E-state index contributed by atoms with van der Waals surface area (Å²) in [7, 11) is -3.97. The van der Waals surface area contributed by atoms with Crippen molar-refractivity contribution in [2.45, 2.75) is 43.2 Å². The molecule has 1 N–H and O–H groups in total. The molecule has 2 atom stereocenters. The molecule has 0 spiro atoms. The van der Waals surface area contributed by atoms with Gasteiger partial charge in [0.1, 0.15) is 5.82 Å². The molecule has 7 nitrogen and oxygen atoms in total. The van der Waals surface area contributed by atoms with E-state index in [-0.39, 0.29) is 35.4 Å². The van der Waals surface area contributed by atoms with Crippen molar-refractivity contribution in [3.8, 4) is 11.4 Å². The smallest absolute Gasteiger partial charge is 0.243 e. The van der Waals surface area contributed by atoms with E-state index in [0.29, 0.717) is 23.4 Å². The third kappa shape index (κ3) is 4.71. The van der Waals surface area contributed by atoms with Crippen LogP contribution < -0.4 is 0 Å². The summed E-state index contributed by atoms with van der Waals surface area (Å²) in [4.78, 5) is 3.99. The zero-order valence-electron chi connectivity index (χ0n) is 17.2. The first-order valence-electron chi connectivity index (χ1n) is 10.3. The number of hydrogen-bond acceptors (Lipinski definition) is 6. The Hall–Kier alpha value is -2.33. The van der Waals surface area contributed by atoms with Crippen LogP contribution >= 0.6 is 11.6 Å². The monoisotopic (exact) mass is 479 g/mol. The number of aliphatic hydroxyl groups is 1. The van der Waals surface area contributed by atoms with Crippen molar-refractivity contribution in [2.75, 3.05) is 6.61 Å². The second-order valence-corrected chi connectivity index (χ2v) is 10.2. The summed E-state index contributed by atoms with van der Waals surface area (Å²) in [6.07, 6.45) is 4.23. The molecular weight excluding hydrogens is 457 g/mol. The van der Waals surface area contributed by atoms with Crippen LogP contribution in [0.2, 0.25) is 5.02 Å². The van der Waals surface area contributed by atoms with E-state index in [4.69, 9.17) is 16.1 Å². The first-order chi connectivity index (χ1) is 15.4. The number of halogens is 2. The summed E-state index contributed by atoms with van der Waals surface area (Å²) >= 11 is 5.94. The fourth-order valence-corrected chi connectivity index (χ4v) is 6.00. The standard InChI is InChI=1S/C22H23ClFN3O4S/c23-18-7-9-19(10-8-18)32(29,30)27(21-4-2-1-3-17(21)13-28)12-16-6-5-15(11-20(16)24)22-25-14-31-26-22/h5-11,14,17,21,28H,1-4,12-13H2. The highest BCUT2D eigenvalue weighted by Gasteiger charge is 2.37. The van der Waals surface area contributed by atoms with E-state index in [0.717, 1.165) is 19.2 Å². The number of sulfonamides is 1. The first kappa shape index (κ1) is 22.8. The topological polar surface area (TPSA) is 96.5 Å². The highest BCUT2D eigenvalue weighted by atomic mass is 35.5. The Balaban J connectivity index is 1.72. The second-order valence-electron chi connectivity index (χ2n) is 7.86. The lowest BCUT2D eigenvalue weighted by Crippen LogP contribution is -2.46. The average molecular weight is 480 g/mol. The number of benzene rings is 2. The molecule has 4 rings (SSSR count). The Morgan fingerprint density at radius 1 is 1.16 bits per heavy atom. The van der Waals surface area contributed by atoms with E-state index in [1.54, 1.807) is 6.07 Å². The largest absolute Gasteiger partial charge is 0.396 e. The van der Waals surface area contributed by atoms with E-state index in [1.165, 1.54) is 40.7 Å². The summed E-state index contributed by atoms with van der Waals surface area (Å²) in [5, 5.41) is 14.0. The third-order valence-electron chi connectivity index (χ3n) is 5.89. The van der Waals surface area contributed by atoms with E-state index in [2.05, 4.69) is 10.1 Å². The van der Waals surface area contributed by atoms with Gasteiger partial charge in [0.2, 0.25) is 22.2 Å². The van der Waals surface area contributed by atoms with Crippen molar-refractivity contribution in [1.82, 2.24) is 14.4 Å². The van der Waals surface area contributed by atoms with Gasteiger partial charge in [-0.1, -0.05) is 41.7 Å². The van der Waals surface area contributed by atoms with Gasteiger partial charge in [-0.25, -0.2) is 12.8 Å². The Morgan fingerprint density at radius 2 is 1.91 bits per heavy atom. The van der Waals surface area contributed by atoms with Crippen molar-refractivity contribution in [2.24, 2.45) is 5.92 Å². The highest BCUT2D eigenvalue weighted by Crippen LogP contribution is 2.34. The molecular formula is C22H23ClFN3O4S. The number of hydrogen-bond donors (Lipinski definition) is 1. The van der Waals surface area contributed by atoms with Crippen molar-refractivity contribution in [3.63, 3.8) is 0 Å². The minimum atomic E-state index is -3.97. The lowest BCUT2D eigenvalue weighted by Gasteiger charge is -2.38. The second kappa shape index (κ2) is 9.66. The summed E-state index contributed by atoms with van der Waals surface area (Å²) in [6.45, 7) is -0.291. The summed E-state index contributed by atoms with van der Waals surface area (Å²) in [5.74, 6) is -0.541. The number of nitrogens with zero attached hydrogens (tertiary/aromatic N) is 3. The van der Waals surface area contributed by atoms with Gasteiger partial charge in [0.25, 0.3) is 0 Å². The van der Waals surface area contributed by atoms with Gasteiger partial charge < -0.3 is 9.63 Å². The molecule has 1 aliphatic carbocycles. The Morgan fingerprint density at radius 3 is 2.56 bits per heavy atom. The molecule has 2 unspecified atom stereocenters. The van der Waals surface area contributed by atoms with Gasteiger partial charge in [-0.2, -0.15) is 9.29 Å². The maximum Gasteiger partial charge on any atom is 0.243 e. The number of aliphatic hydroxyl groups excluding tert-OH is 1. The molecule has 2 aromatic carbocycles. The average Bonchev–Trinajstić information content (AvgIpc) is 3.33. The van der Waals surface area contributed by atoms with Crippen molar-refractivity contribution < 1.29 is 22.4 Å². The normalized spacial score (nSPS) is 19.4. The molecule has 170 valence electrons. The molecule has 32 heavy (non-hydrogen) atoms. The van der Waals surface area contributed by atoms with Gasteiger partial charge in [0, 0.05) is 35.3 Å². The van der Waals surface area contributed by atoms with Crippen LogP contribution in [0.15, 0.2) is 58.3 Å². The minimum Gasteiger partial charge on any atom is -0.396 e. The van der Waals surface area contributed by atoms with Gasteiger partial charge in [-0.15, -0.1) is 0 Å². The molecule has 0 saturated heterocycles. The highest BCUT2D eigenvalue weighted by molar-refractivity contribution is 7.89. The van der Waals surface area contributed by atoms with Gasteiger partial charge >= 0.3 is 0 Å². The molecule has 0 aliphatic heterocycles. The molecule has 3 aromatic rings. The molecule has 1 heterocycles. The molecule has 0 radical (unpaired) electrons. The Labute approximate surface area is 190 Å². The van der Waals surface area contributed by atoms with Crippen LogP contribution in [-0.4, -0.2) is 40.6 Å². The lowest BCUT2D eigenvalue weighted by molar-refractivity contribution is 0.109. The van der Waals surface area contributed by atoms with Crippen molar-refractivity contribution in [3.05, 3.63) is 65.3 Å². The first-order valence-corrected chi connectivity index (χ1v) is 12.2. The van der Waals surface area contributed by atoms with E-state index in [9.17, 15) is 13.5 Å². The minimum absolute atomic E-state index is 0.0768. The van der Waals surface area contributed by atoms with Crippen LogP contribution in [0.1, 0.15) is 31.2 Å². The van der Waals surface area contributed by atoms with Crippen LogP contribution in [0, 0.1) is 11.7 Å². The van der Waals surface area contributed by atoms with E-state index >= 15 is 4.39 Å². The third-order valence-corrected chi connectivity index (χ3v) is 8.03. The van der Waals surface area contributed by atoms with Gasteiger partial charge in [-0.3, -0.25) is 0 Å². The molecule has 1 aromatic heterocycles. The van der Waals surface area contributed by atoms with Crippen LogP contribution in [0.4, 0.5) is 4.39 Å². The summed E-state index contributed by atoms with van der Waals surface area (Å²) < 4.78 is 48.3. The molecule has 1 fully saturated rings. The zero-order valence-corrected chi connectivity index (χ0v) is 18.8. The summed E-state index contributed by atoms with van der Waals surface area (Å²) in [5.41, 5.74) is 0.648. The van der Waals surface area contributed by atoms with E-state index < -0.39 is 21.9 Å². The fourth-order valence-electron chi connectivity index (χ4n) is 4.18. The van der Waals surface area contributed by atoms with Crippen molar-refractivity contribution in [1.29, 1.82) is 0 Å². The maximum absolute atomic E-state index is 15.0. The Bertz CT molecular complexity index is 1160. The molecule has 0 bridgehead atoms. The van der Waals surface area contributed by atoms with Crippen LogP contribution in [0.25, 0.3) is 11.4 Å². The quantitative estimate of drug-likeness (QED) is 0.543. The number of rotatable bonds is 7. The predicted octanol–water partition coefficient (Wildman–Crippen LogP) is 4.27. The predicted molar refractivity (Wildman–Crippen MR) is 117 cm³/mol. The Kier molecular flexibility index (Phi) is 6.90. The van der Waals surface area contributed by atoms with Crippen LogP contribution in [0.5, 0.6) is 0 Å². The molecule has 1 aliphatic rings. The zero-order chi connectivity index (χ0) is 22.7. The van der Waals surface area contributed by atoms with E-state index in [1.807, 2.05) is 0 Å². The maximum atomic E-state index is 15.0. The molecule has 1 saturated carbocycles. The van der Waals surface area contributed by atoms with Crippen molar-refractivity contribution >= 4 is 21.6 Å². The number of aromatic nitrogens is 2. The fraction of sp³-hybridized carbons (Fsp3) is 0.364. The molecule has 0 amide bonds. The molecule has 10 heteroatoms. The van der Waals surface area contributed by atoms with Crippen LogP contribution in [0.3, 0.4) is 0 Å².